The fourth-order valence-corrected chi connectivity index (χ4v) is 4.25. The molecule has 4 unspecified atom stereocenters. The van der Waals surface area contributed by atoms with Crippen LogP contribution < -0.4 is 0 Å². The van der Waals surface area contributed by atoms with Crippen LogP contribution in [-0.2, 0) is 0 Å². The molecule has 4 fully saturated rings. The molecule has 4 aliphatic rings. The first kappa shape index (κ1) is 8.30. The molecule has 2 heteroatoms. The molecule has 0 heterocycles. The van der Waals surface area contributed by atoms with Gasteiger partial charge in [-0.2, -0.15) is 0 Å². The minimum atomic E-state index is 0.196. The molecule has 14 heavy (non-hydrogen) atoms. The van der Waals surface area contributed by atoms with Gasteiger partial charge in [0.1, 0.15) is 5.92 Å². The molecule has 0 N–H and O–H groups in total. The summed E-state index contributed by atoms with van der Waals surface area (Å²) in [5.74, 6) is 2.59. The first-order chi connectivity index (χ1) is 6.83. The summed E-state index contributed by atoms with van der Waals surface area (Å²) in [6.45, 7) is 14.5. The topological polar surface area (TPSA) is 8.72 Å². The Bertz CT molecular complexity index is 305. The number of nitrogens with zero attached hydrogens (tertiary/aromatic N) is 2. The first-order valence-electron chi connectivity index (χ1n) is 5.56. The lowest BCUT2D eigenvalue weighted by Crippen LogP contribution is -2.53. The highest BCUT2D eigenvalue weighted by Crippen LogP contribution is 2.55. The summed E-state index contributed by atoms with van der Waals surface area (Å²) in [4.78, 5) is 7.58. The lowest BCUT2D eigenvalue weighted by molar-refractivity contribution is 0.00630. The van der Waals surface area contributed by atoms with Crippen LogP contribution in [0.4, 0.5) is 0 Å². The second kappa shape index (κ2) is 2.74. The summed E-state index contributed by atoms with van der Waals surface area (Å²) in [6.07, 6.45) is 4.91. The first-order valence-corrected chi connectivity index (χ1v) is 5.56. The van der Waals surface area contributed by atoms with E-state index in [1.54, 1.807) is 0 Å². The minimum absolute atomic E-state index is 0.196. The van der Waals surface area contributed by atoms with Crippen molar-refractivity contribution < 1.29 is 0 Å². The highest BCUT2D eigenvalue weighted by molar-refractivity contribution is 5.14. The molecule has 4 saturated carbocycles. The molecule has 4 rings (SSSR count). The maximum absolute atomic E-state index is 7.26. The van der Waals surface area contributed by atoms with Crippen LogP contribution in [0.2, 0.25) is 0 Å². The van der Waals surface area contributed by atoms with Gasteiger partial charge >= 0.3 is 0 Å². The summed E-state index contributed by atoms with van der Waals surface area (Å²) in [7, 11) is 0. The van der Waals surface area contributed by atoms with Crippen LogP contribution in [0.1, 0.15) is 25.7 Å². The fraction of sp³-hybridized carbons (Fsp3) is 0.833. The number of rotatable bonds is 0. The highest BCUT2D eigenvalue weighted by Gasteiger charge is 2.60. The van der Waals surface area contributed by atoms with Crippen molar-refractivity contribution in [2.24, 2.45) is 23.7 Å². The van der Waals surface area contributed by atoms with Crippen LogP contribution in [0.15, 0.2) is 0 Å². The van der Waals surface area contributed by atoms with Crippen molar-refractivity contribution in [1.82, 2.24) is 0 Å². The Hall–Kier alpha value is -1.02. The SMILES string of the molecule is [C-]#[N+]C1C2CC3CC(C2)C([N+]#[C-])C1C3. The zero-order valence-corrected chi connectivity index (χ0v) is 8.19. The van der Waals surface area contributed by atoms with Gasteiger partial charge in [0.25, 0.3) is 0 Å². The van der Waals surface area contributed by atoms with Crippen molar-refractivity contribution in [2.45, 2.75) is 37.8 Å². The molecule has 0 aliphatic heterocycles. The predicted octanol–water partition coefficient (Wildman–Crippen LogP) is 2.63. The van der Waals surface area contributed by atoms with Gasteiger partial charge in [-0.05, 0) is 31.6 Å². The highest BCUT2D eigenvalue weighted by atomic mass is 14.9. The Labute approximate surface area is 84.9 Å². The van der Waals surface area contributed by atoms with Crippen molar-refractivity contribution in [2.75, 3.05) is 0 Å². The smallest absolute Gasteiger partial charge is 0.236 e. The van der Waals surface area contributed by atoms with Crippen LogP contribution in [0.3, 0.4) is 0 Å². The van der Waals surface area contributed by atoms with E-state index in [0.717, 1.165) is 5.92 Å². The predicted molar refractivity (Wildman–Crippen MR) is 53.2 cm³/mol. The molecule has 72 valence electrons. The molecular formula is C12H14N2. The molecular weight excluding hydrogens is 172 g/mol. The summed E-state index contributed by atoms with van der Waals surface area (Å²) in [6, 6.07) is 0.392. The van der Waals surface area contributed by atoms with E-state index in [1.165, 1.54) is 25.7 Å². The van der Waals surface area contributed by atoms with Crippen LogP contribution in [-0.4, -0.2) is 12.1 Å². The zero-order chi connectivity index (χ0) is 9.71. The molecule has 0 aromatic rings. The summed E-state index contributed by atoms with van der Waals surface area (Å²) < 4.78 is 0. The van der Waals surface area contributed by atoms with Crippen molar-refractivity contribution >= 4 is 0 Å². The summed E-state index contributed by atoms with van der Waals surface area (Å²) in [5.41, 5.74) is 0. The third kappa shape index (κ3) is 0.894. The normalized spacial score (nSPS) is 53.9. The van der Waals surface area contributed by atoms with E-state index in [9.17, 15) is 0 Å². The molecule has 4 bridgehead atoms. The molecule has 4 aliphatic carbocycles. The van der Waals surface area contributed by atoms with E-state index < -0.39 is 0 Å². The molecule has 0 aromatic heterocycles. The summed E-state index contributed by atoms with van der Waals surface area (Å²) >= 11 is 0. The largest absolute Gasteiger partial charge is 0.313 e. The van der Waals surface area contributed by atoms with E-state index in [0.29, 0.717) is 17.8 Å². The standard InChI is InChI=1S/C12H14N2/c1-13-11-8-3-7-4-9(6-8)12(14-2)10(11)5-7/h7-12H,3-6H2. The van der Waals surface area contributed by atoms with Gasteiger partial charge in [-0.1, -0.05) is 0 Å². The Morgan fingerprint density at radius 3 is 1.86 bits per heavy atom. The van der Waals surface area contributed by atoms with E-state index >= 15 is 0 Å². The Kier molecular flexibility index (Phi) is 1.62. The minimum Gasteiger partial charge on any atom is -0.313 e. The number of hydrogen-bond donors (Lipinski definition) is 0. The van der Waals surface area contributed by atoms with Gasteiger partial charge in [0, 0.05) is 11.8 Å². The van der Waals surface area contributed by atoms with Crippen molar-refractivity contribution in [3.8, 4) is 0 Å². The lowest BCUT2D eigenvalue weighted by atomic mass is 9.52. The summed E-state index contributed by atoms with van der Waals surface area (Å²) in [5, 5.41) is 0. The van der Waals surface area contributed by atoms with Gasteiger partial charge in [-0.25, -0.2) is 13.1 Å². The lowest BCUT2D eigenvalue weighted by Gasteiger charge is -2.49. The molecule has 0 spiro atoms. The maximum atomic E-state index is 7.26. The third-order valence-corrected chi connectivity index (χ3v) is 4.62. The van der Waals surface area contributed by atoms with Gasteiger partial charge in [0.2, 0.25) is 12.1 Å². The van der Waals surface area contributed by atoms with Crippen molar-refractivity contribution in [3.63, 3.8) is 0 Å². The van der Waals surface area contributed by atoms with Crippen LogP contribution in [0, 0.1) is 36.8 Å². The maximum Gasteiger partial charge on any atom is 0.236 e. The second-order valence-corrected chi connectivity index (χ2v) is 5.23. The molecule has 4 atom stereocenters. The average molecular weight is 186 g/mol. The van der Waals surface area contributed by atoms with Gasteiger partial charge in [0.05, 0.1) is 0 Å². The second-order valence-electron chi connectivity index (χ2n) is 5.23. The van der Waals surface area contributed by atoms with Crippen LogP contribution in [0.25, 0.3) is 9.69 Å². The third-order valence-electron chi connectivity index (χ3n) is 4.62. The van der Waals surface area contributed by atoms with Gasteiger partial charge in [0.15, 0.2) is 0 Å². The Balaban J connectivity index is 1.97. The van der Waals surface area contributed by atoms with E-state index in [2.05, 4.69) is 9.69 Å². The molecule has 2 nitrogen and oxygen atoms in total. The Morgan fingerprint density at radius 1 is 0.786 bits per heavy atom. The average Bonchev–Trinajstić information content (AvgIpc) is 2.17. The van der Waals surface area contributed by atoms with Gasteiger partial charge in [-0.3, -0.25) is 0 Å². The van der Waals surface area contributed by atoms with Gasteiger partial charge < -0.3 is 9.69 Å². The van der Waals surface area contributed by atoms with E-state index in [1.807, 2.05) is 0 Å². The quantitative estimate of drug-likeness (QED) is 0.514. The van der Waals surface area contributed by atoms with Crippen LogP contribution >= 0.6 is 0 Å². The molecule has 0 radical (unpaired) electrons. The number of hydrogen-bond acceptors (Lipinski definition) is 0. The molecule has 0 amide bonds. The van der Waals surface area contributed by atoms with Crippen molar-refractivity contribution in [1.29, 1.82) is 0 Å². The van der Waals surface area contributed by atoms with Crippen molar-refractivity contribution in [3.05, 3.63) is 22.8 Å². The fourth-order valence-electron chi connectivity index (χ4n) is 4.25. The van der Waals surface area contributed by atoms with Gasteiger partial charge in [-0.15, -0.1) is 0 Å². The molecule has 0 saturated heterocycles. The van der Waals surface area contributed by atoms with E-state index in [-0.39, 0.29) is 12.1 Å². The molecule has 0 aromatic carbocycles. The van der Waals surface area contributed by atoms with Crippen LogP contribution in [0.5, 0.6) is 0 Å². The monoisotopic (exact) mass is 186 g/mol. The van der Waals surface area contributed by atoms with E-state index in [4.69, 9.17) is 13.1 Å². The zero-order valence-electron chi connectivity index (χ0n) is 8.19. The Morgan fingerprint density at radius 2 is 1.36 bits per heavy atom.